The van der Waals surface area contributed by atoms with Crippen molar-refractivity contribution in [2.75, 3.05) is 0 Å². The fourth-order valence-corrected chi connectivity index (χ4v) is 3.56. The summed E-state index contributed by atoms with van der Waals surface area (Å²) in [5.41, 5.74) is 1.75. The molecule has 0 spiro atoms. The van der Waals surface area contributed by atoms with Crippen LogP contribution < -0.4 is 0 Å². The summed E-state index contributed by atoms with van der Waals surface area (Å²) in [7, 11) is 0. The minimum Gasteiger partial charge on any atom is -0.206 e. The van der Waals surface area contributed by atoms with Gasteiger partial charge in [0.15, 0.2) is 17.5 Å². The summed E-state index contributed by atoms with van der Waals surface area (Å²) in [4.78, 5) is 0. The first kappa shape index (κ1) is 19.2. The van der Waals surface area contributed by atoms with Crippen LogP contribution in [0.15, 0.2) is 72.7 Å². The summed E-state index contributed by atoms with van der Waals surface area (Å²) >= 11 is 0. The molecule has 162 valence electrons. The average molecular weight is 440 g/mol. The van der Waals surface area contributed by atoms with E-state index in [4.69, 9.17) is 2.74 Å². The number of hydrogen-bond acceptors (Lipinski definition) is 0. The van der Waals surface area contributed by atoms with Crippen molar-refractivity contribution in [2.24, 2.45) is 0 Å². The molecule has 4 aromatic rings. The minimum atomic E-state index is -1.96. The maximum absolute atomic E-state index is 14.9. The van der Waals surface area contributed by atoms with Gasteiger partial charge in [0.25, 0.3) is 0 Å². The molecule has 0 aliphatic carbocycles. The number of rotatable bonds is 5. The molecule has 0 aliphatic rings. The van der Waals surface area contributed by atoms with Crippen molar-refractivity contribution >= 4 is 0 Å². The first-order valence-electron chi connectivity index (χ1n) is 11.1. The van der Waals surface area contributed by atoms with Crippen LogP contribution in [0.25, 0.3) is 33.4 Å². The summed E-state index contributed by atoms with van der Waals surface area (Å²) < 4.78 is 86.3. The van der Waals surface area contributed by atoms with Crippen molar-refractivity contribution in [3.8, 4) is 33.4 Å². The highest BCUT2D eigenvalue weighted by molar-refractivity contribution is 5.74. The molecule has 0 N–H and O–H groups in total. The van der Waals surface area contributed by atoms with Crippen molar-refractivity contribution in [1.82, 2.24) is 0 Å². The second-order valence-electron chi connectivity index (χ2n) is 7.40. The maximum atomic E-state index is 14.9. The van der Waals surface area contributed by atoms with Crippen LogP contribution in [0, 0.1) is 29.1 Å². The van der Waals surface area contributed by atoms with Crippen LogP contribution in [-0.2, 0) is 6.42 Å². The van der Waals surface area contributed by atoms with E-state index < -0.39 is 52.3 Å². The van der Waals surface area contributed by atoms with Crippen LogP contribution in [0.3, 0.4) is 0 Å². The van der Waals surface area contributed by atoms with Crippen molar-refractivity contribution in [2.45, 2.75) is 19.8 Å². The van der Waals surface area contributed by atoms with Crippen LogP contribution >= 0.6 is 0 Å². The maximum Gasteiger partial charge on any atom is 0.194 e. The van der Waals surface area contributed by atoms with E-state index in [2.05, 4.69) is 6.92 Å². The second-order valence-corrected chi connectivity index (χ2v) is 7.40. The van der Waals surface area contributed by atoms with Crippen LogP contribution in [-0.4, -0.2) is 0 Å². The molecule has 0 atom stereocenters. The first-order valence-corrected chi connectivity index (χ1v) is 10.1. The van der Waals surface area contributed by atoms with Gasteiger partial charge in [0.2, 0.25) is 0 Å². The van der Waals surface area contributed by atoms with E-state index in [1.165, 1.54) is 23.8 Å². The van der Waals surface area contributed by atoms with Crippen LogP contribution in [0.2, 0.25) is 0 Å². The summed E-state index contributed by atoms with van der Waals surface area (Å²) in [6, 6.07) is 13.4. The van der Waals surface area contributed by atoms with Gasteiger partial charge in [0.1, 0.15) is 11.6 Å². The van der Waals surface area contributed by atoms with Gasteiger partial charge >= 0.3 is 0 Å². The minimum absolute atomic E-state index is 0.102. The number of halogens is 5. The number of aryl methyl sites for hydroxylation is 1. The molecule has 0 fully saturated rings. The van der Waals surface area contributed by atoms with Crippen molar-refractivity contribution in [1.29, 1.82) is 0 Å². The van der Waals surface area contributed by atoms with Crippen LogP contribution in [0.1, 0.15) is 21.6 Å². The highest BCUT2D eigenvalue weighted by Gasteiger charge is 2.16. The molecule has 0 aliphatic heterocycles. The van der Waals surface area contributed by atoms with Crippen LogP contribution in [0.5, 0.6) is 0 Å². The summed E-state index contributed by atoms with van der Waals surface area (Å²) in [5.74, 6) is -7.20. The third kappa shape index (κ3) is 4.28. The van der Waals surface area contributed by atoms with Gasteiger partial charge in [-0.25, -0.2) is 22.0 Å². The lowest BCUT2D eigenvalue weighted by atomic mass is 9.96. The van der Waals surface area contributed by atoms with Crippen molar-refractivity contribution in [3.63, 3.8) is 0 Å². The molecule has 32 heavy (non-hydrogen) atoms. The molecule has 0 saturated carbocycles. The molecular formula is C27H19F5. The zero-order chi connectivity index (χ0) is 24.6. The van der Waals surface area contributed by atoms with E-state index in [9.17, 15) is 22.0 Å². The fraction of sp³-hybridized carbons (Fsp3) is 0.111. The van der Waals surface area contributed by atoms with E-state index in [0.717, 1.165) is 30.5 Å². The van der Waals surface area contributed by atoms with Gasteiger partial charge in [-0.2, -0.15) is 0 Å². The van der Waals surface area contributed by atoms with Gasteiger partial charge < -0.3 is 0 Å². The standard InChI is InChI=1S/C27H19F5/c1-2-3-16-4-6-17(7-5-16)18-8-10-21(23(28)12-18)19-9-11-22(24(29)13-19)20-14-25(30)27(32)26(31)15-20/h4-15H,2-3H2,1H3/i14D,15D. The molecule has 5 heteroatoms. The monoisotopic (exact) mass is 440 g/mol. The van der Waals surface area contributed by atoms with Gasteiger partial charge in [-0.05, 0) is 58.5 Å². The fourth-order valence-electron chi connectivity index (χ4n) is 3.56. The van der Waals surface area contributed by atoms with Gasteiger partial charge in [0, 0.05) is 11.1 Å². The summed E-state index contributed by atoms with van der Waals surface area (Å²) in [6.07, 6.45) is 1.98. The first-order chi connectivity index (χ1) is 16.2. The molecule has 0 heterocycles. The average Bonchev–Trinajstić information content (AvgIpc) is 2.83. The lowest BCUT2D eigenvalue weighted by Crippen LogP contribution is -1.94. The van der Waals surface area contributed by atoms with Crippen molar-refractivity contribution in [3.05, 3.63) is 107 Å². The Morgan fingerprint density at radius 1 is 0.594 bits per heavy atom. The largest absolute Gasteiger partial charge is 0.206 e. The molecule has 4 aromatic carbocycles. The molecule has 0 amide bonds. The summed E-state index contributed by atoms with van der Waals surface area (Å²) in [6.45, 7) is 2.09. The normalized spacial score (nSPS) is 11.9. The Kier molecular flexibility index (Phi) is 5.38. The predicted molar refractivity (Wildman–Crippen MR) is 117 cm³/mol. The highest BCUT2D eigenvalue weighted by Crippen LogP contribution is 2.32. The van der Waals surface area contributed by atoms with E-state index in [-0.39, 0.29) is 11.1 Å². The van der Waals surface area contributed by atoms with Crippen molar-refractivity contribution < 1.29 is 24.7 Å². The Hall–Kier alpha value is -3.47. The van der Waals surface area contributed by atoms with E-state index in [0.29, 0.717) is 5.56 Å². The molecule has 0 saturated heterocycles. The van der Waals surface area contributed by atoms with Gasteiger partial charge in [0.05, 0.1) is 2.74 Å². The SMILES string of the molecule is [2H]c1c(F)c(F)c(F)c([2H])c1-c1ccc(-c2ccc(-c3ccc(CCC)cc3)cc2F)cc1F. The second kappa shape index (κ2) is 8.95. The molecular weight excluding hydrogens is 419 g/mol. The molecule has 0 nitrogen and oxygen atoms in total. The Bertz CT molecular complexity index is 1350. The van der Waals surface area contributed by atoms with Gasteiger partial charge in [-0.1, -0.05) is 61.9 Å². The molecule has 4 rings (SSSR count). The quantitative estimate of drug-likeness (QED) is 0.216. The molecule has 0 bridgehead atoms. The topological polar surface area (TPSA) is 0 Å². The third-order valence-electron chi connectivity index (χ3n) is 5.20. The zero-order valence-corrected chi connectivity index (χ0v) is 17.1. The Labute approximate surface area is 185 Å². The van der Waals surface area contributed by atoms with E-state index >= 15 is 0 Å². The number of benzene rings is 4. The van der Waals surface area contributed by atoms with Crippen LogP contribution in [0.4, 0.5) is 22.0 Å². The Morgan fingerprint density at radius 2 is 1.09 bits per heavy atom. The Balaban J connectivity index is 1.70. The predicted octanol–water partition coefficient (Wildman–Crippen LogP) is 8.34. The smallest absolute Gasteiger partial charge is 0.194 e. The Morgan fingerprint density at radius 3 is 1.66 bits per heavy atom. The molecule has 0 aromatic heterocycles. The lowest BCUT2D eigenvalue weighted by Gasteiger charge is -2.10. The zero-order valence-electron chi connectivity index (χ0n) is 19.1. The molecule has 0 unspecified atom stereocenters. The lowest BCUT2D eigenvalue weighted by molar-refractivity contribution is 0.447. The summed E-state index contributed by atoms with van der Waals surface area (Å²) in [5, 5.41) is 0. The van der Waals surface area contributed by atoms with Gasteiger partial charge in [-0.3, -0.25) is 0 Å². The number of hydrogen-bond donors (Lipinski definition) is 0. The van der Waals surface area contributed by atoms with Gasteiger partial charge in [-0.15, -0.1) is 0 Å². The third-order valence-corrected chi connectivity index (χ3v) is 5.20. The van der Waals surface area contributed by atoms with E-state index in [1.54, 1.807) is 6.07 Å². The highest BCUT2D eigenvalue weighted by atomic mass is 19.2. The molecule has 0 radical (unpaired) electrons. The van der Waals surface area contributed by atoms with E-state index in [1.807, 2.05) is 24.3 Å².